The fourth-order valence-corrected chi connectivity index (χ4v) is 5.99. The average Bonchev–Trinajstić information content (AvgIpc) is 3.01. The molecule has 0 N–H and O–H groups in total. The Morgan fingerprint density at radius 1 is 0.487 bits per heavy atom. The molecule has 8 rings (SSSR count). The van der Waals surface area contributed by atoms with E-state index >= 15 is 0 Å². The third-order valence-electron chi connectivity index (χ3n) is 7.65. The molecule has 2 aliphatic heterocycles. The zero-order valence-corrected chi connectivity index (χ0v) is 20.8. The summed E-state index contributed by atoms with van der Waals surface area (Å²) < 4.78 is 13.2. The van der Waals surface area contributed by atoms with E-state index in [0.29, 0.717) is 0 Å². The van der Waals surface area contributed by atoms with Crippen molar-refractivity contribution in [2.24, 2.45) is 0 Å². The first kappa shape index (κ1) is 21.8. The molecule has 0 aliphatic carbocycles. The molecule has 39 heavy (non-hydrogen) atoms. The maximum Gasteiger partial charge on any atom is 0.132 e. The van der Waals surface area contributed by atoms with E-state index in [4.69, 9.17) is 9.47 Å². The fraction of sp³-hybridized carbons (Fsp3) is 0.0294. The second-order valence-corrected chi connectivity index (χ2v) is 9.71. The van der Waals surface area contributed by atoms with Gasteiger partial charge in [-0.2, -0.15) is 0 Å². The first-order valence-electron chi connectivity index (χ1n) is 12.8. The van der Waals surface area contributed by atoms with Crippen LogP contribution < -0.4 is 9.47 Å². The first-order chi connectivity index (χ1) is 19.3. The van der Waals surface area contributed by atoms with Gasteiger partial charge in [0.15, 0.2) is 0 Å². The summed E-state index contributed by atoms with van der Waals surface area (Å²) in [5, 5.41) is 0. The van der Waals surface area contributed by atoms with Crippen LogP contribution in [0.3, 0.4) is 0 Å². The number of pyridine rings is 1. The Hall–Kier alpha value is -5.29. The zero-order valence-electron chi connectivity index (χ0n) is 20.8. The maximum absolute atomic E-state index is 6.75. The molecule has 5 heteroatoms. The van der Waals surface area contributed by atoms with Crippen molar-refractivity contribution in [1.29, 1.82) is 0 Å². The smallest absolute Gasteiger partial charge is 0.132 e. The number of benzene rings is 4. The molecule has 0 unspecified atom stereocenters. The first-order valence-corrected chi connectivity index (χ1v) is 12.8. The second-order valence-electron chi connectivity index (χ2n) is 9.71. The molecule has 4 heterocycles. The molecule has 0 saturated heterocycles. The second kappa shape index (κ2) is 8.36. The zero-order chi connectivity index (χ0) is 25.8. The van der Waals surface area contributed by atoms with E-state index in [9.17, 15) is 0 Å². The van der Waals surface area contributed by atoms with Crippen LogP contribution in [0, 0.1) is 0 Å². The third kappa shape index (κ3) is 3.17. The van der Waals surface area contributed by atoms with Gasteiger partial charge in [0.25, 0.3) is 0 Å². The maximum atomic E-state index is 6.75. The Morgan fingerprint density at radius 2 is 1.05 bits per heavy atom. The van der Waals surface area contributed by atoms with E-state index in [1.165, 1.54) is 0 Å². The average molecular weight is 504 g/mol. The number of hydrogen-bond donors (Lipinski definition) is 0. The number of para-hydroxylation sites is 2. The van der Waals surface area contributed by atoms with Crippen LogP contribution in [0.15, 0.2) is 128 Å². The van der Waals surface area contributed by atoms with Crippen molar-refractivity contribution in [2.45, 2.75) is 5.41 Å². The number of aromatic nitrogens is 3. The molecule has 0 atom stereocenters. The molecule has 0 bridgehead atoms. The summed E-state index contributed by atoms with van der Waals surface area (Å²) >= 11 is 0. The molecule has 2 aliphatic rings. The van der Waals surface area contributed by atoms with Crippen molar-refractivity contribution in [1.82, 2.24) is 15.0 Å². The van der Waals surface area contributed by atoms with Crippen molar-refractivity contribution in [3.05, 3.63) is 150 Å². The highest BCUT2D eigenvalue weighted by molar-refractivity contribution is 5.79. The lowest BCUT2D eigenvalue weighted by molar-refractivity contribution is 0.399. The van der Waals surface area contributed by atoms with Gasteiger partial charge in [-0.25, -0.2) is 9.97 Å². The molecule has 0 amide bonds. The van der Waals surface area contributed by atoms with Crippen LogP contribution in [0.5, 0.6) is 23.0 Å². The standard InChI is InChI=1S/C34H21N3O2/c1-3-10-30-25(7-1)34(26-8-2-4-11-31(26)38-30)27-14-12-22(24-19-35-21-36-20-24)17-32(27)39-33-18-23(13-15-28(33)34)29-9-5-6-16-37-29/h1-21H. The van der Waals surface area contributed by atoms with Gasteiger partial charge in [-0.3, -0.25) is 4.98 Å². The van der Waals surface area contributed by atoms with E-state index in [2.05, 4.69) is 75.6 Å². The summed E-state index contributed by atoms with van der Waals surface area (Å²) in [5.41, 5.74) is 7.45. The predicted molar refractivity (Wildman–Crippen MR) is 149 cm³/mol. The molecular weight excluding hydrogens is 482 g/mol. The summed E-state index contributed by atoms with van der Waals surface area (Å²) in [6.45, 7) is 0. The van der Waals surface area contributed by atoms with Crippen molar-refractivity contribution in [3.63, 3.8) is 0 Å². The van der Waals surface area contributed by atoms with Crippen LogP contribution in [0.1, 0.15) is 22.3 Å². The minimum Gasteiger partial charge on any atom is -0.457 e. The number of hydrogen-bond acceptors (Lipinski definition) is 5. The molecule has 0 fully saturated rings. The van der Waals surface area contributed by atoms with Crippen LogP contribution in [-0.4, -0.2) is 15.0 Å². The van der Waals surface area contributed by atoms with E-state index in [1.54, 1.807) is 6.33 Å². The van der Waals surface area contributed by atoms with Gasteiger partial charge in [-0.15, -0.1) is 0 Å². The lowest BCUT2D eigenvalue weighted by atomic mass is 9.62. The molecule has 4 aromatic carbocycles. The molecule has 2 aromatic heterocycles. The topological polar surface area (TPSA) is 57.1 Å². The van der Waals surface area contributed by atoms with Gasteiger partial charge in [0.2, 0.25) is 0 Å². The highest BCUT2D eigenvalue weighted by atomic mass is 16.5. The van der Waals surface area contributed by atoms with E-state index in [0.717, 1.165) is 67.6 Å². The van der Waals surface area contributed by atoms with Gasteiger partial charge in [0.1, 0.15) is 29.3 Å². The minimum absolute atomic E-state index is 0.636. The number of nitrogens with zero attached hydrogens (tertiary/aromatic N) is 3. The summed E-state index contributed by atoms with van der Waals surface area (Å²) in [7, 11) is 0. The van der Waals surface area contributed by atoms with Crippen molar-refractivity contribution < 1.29 is 9.47 Å². The Kier molecular flexibility index (Phi) is 4.67. The van der Waals surface area contributed by atoms with Crippen LogP contribution in [-0.2, 0) is 5.41 Å². The normalized spacial score (nSPS) is 13.7. The van der Waals surface area contributed by atoms with Gasteiger partial charge in [0.05, 0.1) is 11.1 Å². The Labute approximate surface area is 225 Å². The lowest BCUT2D eigenvalue weighted by Gasteiger charge is -2.45. The largest absolute Gasteiger partial charge is 0.457 e. The highest BCUT2D eigenvalue weighted by Crippen LogP contribution is 2.61. The van der Waals surface area contributed by atoms with E-state index in [-0.39, 0.29) is 0 Å². The highest BCUT2D eigenvalue weighted by Gasteiger charge is 2.50. The summed E-state index contributed by atoms with van der Waals surface area (Å²) in [4.78, 5) is 13.0. The van der Waals surface area contributed by atoms with Gasteiger partial charge >= 0.3 is 0 Å². The molecule has 1 spiro atoms. The molecule has 0 saturated carbocycles. The quantitative estimate of drug-likeness (QED) is 0.241. The number of fused-ring (bicyclic) bond motifs is 8. The van der Waals surface area contributed by atoms with Crippen LogP contribution in [0.2, 0.25) is 0 Å². The molecule has 0 radical (unpaired) electrons. The van der Waals surface area contributed by atoms with Gasteiger partial charge < -0.3 is 9.47 Å². The van der Waals surface area contributed by atoms with Crippen molar-refractivity contribution in [2.75, 3.05) is 0 Å². The third-order valence-corrected chi connectivity index (χ3v) is 7.65. The van der Waals surface area contributed by atoms with Crippen LogP contribution >= 0.6 is 0 Å². The monoisotopic (exact) mass is 503 g/mol. The van der Waals surface area contributed by atoms with Crippen molar-refractivity contribution in [3.8, 4) is 45.4 Å². The van der Waals surface area contributed by atoms with Gasteiger partial charge in [-0.1, -0.05) is 66.7 Å². The molecular formula is C34H21N3O2. The van der Waals surface area contributed by atoms with Crippen LogP contribution in [0.4, 0.5) is 0 Å². The van der Waals surface area contributed by atoms with E-state index in [1.807, 2.05) is 61.1 Å². The van der Waals surface area contributed by atoms with Crippen LogP contribution in [0.25, 0.3) is 22.4 Å². The number of ether oxygens (including phenoxy) is 2. The van der Waals surface area contributed by atoms with Gasteiger partial charge in [0, 0.05) is 52.0 Å². The Bertz CT molecular complexity index is 1730. The minimum atomic E-state index is -0.636. The molecule has 6 aromatic rings. The molecule has 5 nitrogen and oxygen atoms in total. The van der Waals surface area contributed by atoms with Gasteiger partial charge in [-0.05, 0) is 42.0 Å². The summed E-state index contributed by atoms with van der Waals surface area (Å²) in [6.07, 6.45) is 6.99. The Balaban J connectivity index is 1.46. The summed E-state index contributed by atoms with van der Waals surface area (Å²) in [5.74, 6) is 3.25. The lowest BCUT2D eigenvalue weighted by Crippen LogP contribution is -2.36. The SMILES string of the molecule is c1ccc(-c2ccc3c(c2)Oc2cc(-c4cncnc4)ccc2C32c3ccccc3Oc3ccccc32)nc1. The Morgan fingerprint density at radius 3 is 1.72 bits per heavy atom. The number of rotatable bonds is 2. The van der Waals surface area contributed by atoms with Crippen molar-refractivity contribution >= 4 is 0 Å². The molecule has 184 valence electrons. The fourth-order valence-electron chi connectivity index (χ4n) is 5.99. The summed E-state index contributed by atoms with van der Waals surface area (Å²) in [6, 6.07) is 35.3. The predicted octanol–water partition coefficient (Wildman–Crippen LogP) is 7.80. The van der Waals surface area contributed by atoms with E-state index < -0.39 is 5.41 Å².